The van der Waals surface area contributed by atoms with Crippen LogP contribution in [-0.4, -0.2) is 33.4 Å². The van der Waals surface area contributed by atoms with E-state index in [4.69, 9.17) is 18.2 Å². The molecular weight excluding hydrogens is 384 g/mol. The molecule has 1 aliphatic rings. The molecule has 0 atom stereocenters. The fraction of sp³-hybridized carbons (Fsp3) is 0.348. The van der Waals surface area contributed by atoms with Crippen LogP contribution in [0.2, 0.25) is 5.02 Å². The molecule has 0 radical (unpaired) electrons. The third-order valence-corrected chi connectivity index (χ3v) is 6.42. The molecule has 1 amide bonds. The first-order valence-electron chi connectivity index (χ1n) is 9.79. The Morgan fingerprint density at radius 1 is 1.17 bits per heavy atom. The summed E-state index contributed by atoms with van der Waals surface area (Å²) in [6.07, 6.45) is 7.52. The van der Waals surface area contributed by atoms with Gasteiger partial charge in [-0.2, -0.15) is 0 Å². The van der Waals surface area contributed by atoms with Crippen molar-refractivity contribution >= 4 is 34.1 Å². The number of nitrogens with zero attached hydrogens (tertiary/aromatic N) is 4. The second-order valence-corrected chi connectivity index (χ2v) is 8.15. The lowest BCUT2D eigenvalue weighted by molar-refractivity contribution is -0.130. The number of carbonyl (C=O) groups excluding carboxylic acids is 1. The van der Waals surface area contributed by atoms with Crippen molar-refractivity contribution < 1.29 is 4.79 Å². The quantitative estimate of drug-likeness (QED) is 0.511. The first-order chi connectivity index (χ1) is 13.9. The van der Waals surface area contributed by atoms with Gasteiger partial charge in [-0.05, 0) is 55.3 Å². The van der Waals surface area contributed by atoms with E-state index in [-0.39, 0.29) is 5.91 Å². The van der Waals surface area contributed by atoms with Gasteiger partial charge in [0.1, 0.15) is 0 Å². The number of aryl methyl sites for hydroxylation is 2. The van der Waals surface area contributed by atoms with E-state index >= 15 is 0 Å². The monoisotopic (exact) mass is 406 g/mol. The van der Waals surface area contributed by atoms with Gasteiger partial charge < -0.3 is 9.47 Å². The van der Waals surface area contributed by atoms with Gasteiger partial charge in [-0.3, -0.25) is 9.78 Å². The number of benzene rings is 1. The Morgan fingerprint density at radius 3 is 2.55 bits per heavy atom. The van der Waals surface area contributed by atoms with Crippen LogP contribution in [0, 0.1) is 20.4 Å². The zero-order valence-electron chi connectivity index (χ0n) is 16.9. The smallest absolute Gasteiger partial charge is 0.219 e. The third kappa shape index (κ3) is 3.38. The lowest BCUT2D eigenvalue weighted by atomic mass is 10.0. The van der Waals surface area contributed by atoms with Crippen LogP contribution >= 0.6 is 11.6 Å². The SMILES string of the molecule is [C-]#[N+]c1cc2c(-c3cncc(C)c3Cl)cn(C3CCN(C(C)=O)CC3)c2cc1C. The second kappa shape index (κ2) is 7.53. The number of amides is 1. The van der Waals surface area contributed by atoms with Gasteiger partial charge in [0.05, 0.1) is 11.6 Å². The van der Waals surface area contributed by atoms with Gasteiger partial charge in [-0.1, -0.05) is 11.6 Å². The number of fused-ring (bicyclic) bond motifs is 1. The molecule has 148 valence electrons. The standard InChI is InChI=1S/C23H23ClN4O/c1-14-9-22-18(10-21(14)25-4)20(19-12-26-11-15(2)23(19)24)13-28(22)17-5-7-27(8-6-17)16(3)29/h9-13,17H,5-8H2,1-3H3. The molecule has 0 unspecified atom stereocenters. The summed E-state index contributed by atoms with van der Waals surface area (Å²) in [6.45, 7) is 14.6. The summed E-state index contributed by atoms with van der Waals surface area (Å²) in [6, 6.07) is 4.37. The number of hydrogen-bond donors (Lipinski definition) is 0. The van der Waals surface area contributed by atoms with Crippen LogP contribution in [0.5, 0.6) is 0 Å². The zero-order valence-corrected chi connectivity index (χ0v) is 17.6. The van der Waals surface area contributed by atoms with Crippen LogP contribution in [0.3, 0.4) is 0 Å². The largest absolute Gasteiger partial charge is 0.344 e. The first kappa shape index (κ1) is 19.5. The highest BCUT2D eigenvalue weighted by Gasteiger charge is 2.25. The average Bonchev–Trinajstić information content (AvgIpc) is 3.07. The summed E-state index contributed by atoms with van der Waals surface area (Å²) < 4.78 is 2.31. The molecule has 1 fully saturated rings. The summed E-state index contributed by atoms with van der Waals surface area (Å²) in [4.78, 5) is 21.6. The Bertz CT molecular complexity index is 1150. The maximum absolute atomic E-state index is 11.7. The number of carbonyl (C=O) groups is 1. The van der Waals surface area contributed by atoms with Gasteiger partial charge in [0.2, 0.25) is 5.91 Å². The van der Waals surface area contributed by atoms with Crippen molar-refractivity contribution in [2.24, 2.45) is 0 Å². The lowest BCUT2D eigenvalue weighted by Gasteiger charge is -2.32. The summed E-state index contributed by atoms with van der Waals surface area (Å²) in [5, 5.41) is 1.71. The van der Waals surface area contributed by atoms with Crippen LogP contribution in [0.1, 0.15) is 36.9 Å². The highest BCUT2D eigenvalue weighted by molar-refractivity contribution is 6.34. The van der Waals surface area contributed by atoms with Gasteiger partial charge in [0.15, 0.2) is 5.69 Å². The molecule has 0 saturated carbocycles. The molecule has 6 heteroatoms. The predicted octanol–water partition coefficient (Wildman–Crippen LogP) is 5.71. The molecule has 2 aromatic heterocycles. The van der Waals surface area contributed by atoms with Crippen molar-refractivity contribution in [3.05, 3.63) is 58.3 Å². The van der Waals surface area contributed by atoms with E-state index in [0.29, 0.717) is 16.8 Å². The molecule has 0 spiro atoms. The fourth-order valence-corrected chi connectivity index (χ4v) is 4.42. The summed E-state index contributed by atoms with van der Waals surface area (Å²) in [5.74, 6) is 0.136. The van der Waals surface area contributed by atoms with Gasteiger partial charge in [-0.25, -0.2) is 4.85 Å². The Labute approximate surface area is 175 Å². The van der Waals surface area contributed by atoms with E-state index in [0.717, 1.165) is 59.1 Å². The highest BCUT2D eigenvalue weighted by atomic mass is 35.5. The minimum Gasteiger partial charge on any atom is -0.344 e. The van der Waals surface area contributed by atoms with Crippen molar-refractivity contribution in [1.82, 2.24) is 14.5 Å². The third-order valence-electron chi connectivity index (χ3n) is 5.92. The minimum absolute atomic E-state index is 0.136. The van der Waals surface area contributed by atoms with Crippen LogP contribution in [0.25, 0.3) is 26.9 Å². The second-order valence-electron chi connectivity index (χ2n) is 7.77. The molecule has 0 bridgehead atoms. The maximum Gasteiger partial charge on any atom is 0.219 e. The molecule has 1 aliphatic heterocycles. The van der Waals surface area contributed by atoms with E-state index in [1.54, 1.807) is 19.3 Å². The first-order valence-corrected chi connectivity index (χ1v) is 10.2. The average molecular weight is 407 g/mol. The number of likely N-dealkylation sites (tertiary alicyclic amines) is 1. The van der Waals surface area contributed by atoms with E-state index in [1.807, 2.05) is 24.8 Å². The highest BCUT2D eigenvalue weighted by Crippen LogP contribution is 2.41. The molecule has 0 N–H and O–H groups in total. The zero-order chi connectivity index (χ0) is 20.7. The van der Waals surface area contributed by atoms with Gasteiger partial charge in [0.25, 0.3) is 0 Å². The number of pyridine rings is 1. The molecule has 1 aromatic carbocycles. The van der Waals surface area contributed by atoms with Crippen molar-refractivity contribution in [2.75, 3.05) is 13.1 Å². The predicted molar refractivity (Wildman–Crippen MR) is 116 cm³/mol. The molecular formula is C23H23ClN4O. The Morgan fingerprint density at radius 2 is 1.90 bits per heavy atom. The van der Waals surface area contributed by atoms with Crippen molar-refractivity contribution in [3.63, 3.8) is 0 Å². The van der Waals surface area contributed by atoms with Crippen LogP contribution in [0.15, 0.2) is 30.7 Å². The normalized spacial score (nSPS) is 14.9. The van der Waals surface area contributed by atoms with Gasteiger partial charge in [0, 0.05) is 61.3 Å². The van der Waals surface area contributed by atoms with Crippen LogP contribution < -0.4 is 0 Å². The van der Waals surface area contributed by atoms with E-state index < -0.39 is 0 Å². The van der Waals surface area contributed by atoms with Gasteiger partial charge >= 0.3 is 0 Å². The molecule has 5 nitrogen and oxygen atoms in total. The van der Waals surface area contributed by atoms with Crippen molar-refractivity contribution in [1.29, 1.82) is 0 Å². The van der Waals surface area contributed by atoms with Crippen molar-refractivity contribution in [2.45, 2.75) is 39.7 Å². The Balaban J connectivity index is 1.88. The number of rotatable bonds is 2. The summed E-state index contributed by atoms with van der Waals surface area (Å²) in [7, 11) is 0. The molecule has 3 aromatic rings. The van der Waals surface area contributed by atoms with Crippen molar-refractivity contribution in [3.8, 4) is 11.1 Å². The molecule has 3 heterocycles. The molecule has 29 heavy (non-hydrogen) atoms. The molecule has 0 aliphatic carbocycles. The van der Waals surface area contributed by atoms with E-state index in [2.05, 4.69) is 26.7 Å². The van der Waals surface area contributed by atoms with Gasteiger partial charge in [-0.15, -0.1) is 0 Å². The summed E-state index contributed by atoms with van der Waals surface area (Å²) in [5.41, 5.74) is 5.53. The number of piperidine rings is 1. The lowest BCUT2D eigenvalue weighted by Crippen LogP contribution is -2.37. The Kier molecular flexibility index (Phi) is 5.06. The maximum atomic E-state index is 11.7. The molecule has 4 rings (SSSR count). The number of hydrogen-bond acceptors (Lipinski definition) is 2. The molecule has 1 saturated heterocycles. The van der Waals surface area contributed by atoms with E-state index in [9.17, 15) is 4.79 Å². The minimum atomic E-state index is 0.136. The van der Waals surface area contributed by atoms with Crippen LogP contribution in [0.4, 0.5) is 5.69 Å². The number of aromatic nitrogens is 2. The fourth-order valence-electron chi connectivity index (χ4n) is 4.22. The Hall–Kier alpha value is -2.84. The number of halogens is 1. The summed E-state index contributed by atoms with van der Waals surface area (Å²) >= 11 is 6.63. The van der Waals surface area contributed by atoms with Crippen LogP contribution in [-0.2, 0) is 4.79 Å². The topological polar surface area (TPSA) is 42.5 Å². The van der Waals surface area contributed by atoms with E-state index in [1.165, 1.54) is 0 Å².